The van der Waals surface area contributed by atoms with Gasteiger partial charge in [0.25, 0.3) is 0 Å². The summed E-state index contributed by atoms with van der Waals surface area (Å²) < 4.78 is 43.0. The van der Waals surface area contributed by atoms with Crippen LogP contribution in [0.3, 0.4) is 0 Å². The number of hydrogen-bond donors (Lipinski definition) is 2. The summed E-state index contributed by atoms with van der Waals surface area (Å²) in [6, 6.07) is 6.03. The summed E-state index contributed by atoms with van der Waals surface area (Å²) in [5.74, 6) is 1.52. The molecule has 1 saturated carbocycles. The Bertz CT molecular complexity index is 1670. The molecule has 5 aromatic rings. The molecule has 0 spiro atoms. The normalized spacial score (nSPS) is 16.9. The van der Waals surface area contributed by atoms with E-state index in [1.165, 1.54) is 24.1 Å². The summed E-state index contributed by atoms with van der Waals surface area (Å²) in [5.41, 5.74) is 3.81. The third kappa shape index (κ3) is 3.97. The van der Waals surface area contributed by atoms with Gasteiger partial charge in [0.1, 0.15) is 17.2 Å². The number of ether oxygens (including phenoxy) is 1. The number of hydrogen-bond acceptors (Lipinski definition) is 7. The second-order valence-electron chi connectivity index (χ2n) is 9.82. The minimum absolute atomic E-state index is 0.295. The summed E-state index contributed by atoms with van der Waals surface area (Å²) in [6.45, 7) is 3.34. The Morgan fingerprint density at radius 1 is 1.00 bits per heavy atom. The number of H-pyrrole nitrogens is 1. The van der Waals surface area contributed by atoms with Crippen molar-refractivity contribution in [2.45, 2.75) is 31.5 Å². The fourth-order valence-corrected chi connectivity index (χ4v) is 5.52. The van der Waals surface area contributed by atoms with Crippen molar-refractivity contribution in [3.8, 4) is 17.1 Å². The van der Waals surface area contributed by atoms with Gasteiger partial charge in [0.05, 0.1) is 11.7 Å². The number of rotatable bonds is 4. The van der Waals surface area contributed by atoms with Crippen molar-refractivity contribution in [1.82, 2.24) is 30.2 Å². The van der Waals surface area contributed by atoms with Gasteiger partial charge in [-0.2, -0.15) is 0 Å². The number of halogens is 3. The number of pyridine rings is 2. The average Bonchev–Trinajstić information content (AvgIpc) is 3.25. The summed E-state index contributed by atoms with van der Waals surface area (Å²) in [6.07, 6.45) is 4.06. The van der Waals surface area contributed by atoms with E-state index in [1.54, 1.807) is 24.5 Å². The Kier molecular flexibility index (Phi) is 5.36. The van der Waals surface area contributed by atoms with Crippen LogP contribution in [-0.2, 0) is 0 Å². The lowest BCUT2D eigenvalue weighted by Gasteiger charge is -2.32. The van der Waals surface area contributed by atoms with E-state index in [1.807, 2.05) is 6.20 Å². The van der Waals surface area contributed by atoms with Crippen molar-refractivity contribution in [3.05, 3.63) is 48.4 Å². The predicted molar refractivity (Wildman–Crippen MR) is 138 cm³/mol. The molecule has 0 atom stereocenters. The highest BCUT2D eigenvalue weighted by atomic mass is 19.4. The summed E-state index contributed by atoms with van der Waals surface area (Å²) in [7, 11) is 0. The van der Waals surface area contributed by atoms with Crippen molar-refractivity contribution >= 4 is 38.7 Å². The molecule has 38 heavy (non-hydrogen) atoms. The molecule has 1 saturated heterocycles. The summed E-state index contributed by atoms with van der Waals surface area (Å²) in [4.78, 5) is 24.5. The second-order valence-corrected chi connectivity index (χ2v) is 9.82. The molecule has 1 aliphatic carbocycles. The molecule has 194 valence electrons. The highest BCUT2D eigenvalue weighted by molar-refractivity contribution is 6.13. The van der Waals surface area contributed by atoms with Crippen molar-refractivity contribution in [1.29, 1.82) is 0 Å². The first-order chi connectivity index (χ1) is 18.4. The van der Waals surface area contributed by atoms with Crippen LogP contribution in [0.1, 0.15) is 30.7 Å². The van der Waals surface area contributed by atoms with Gasteiger partial charge in [-0.3, -0.25) is 4.98 Å². The third-order valence-corrected chi connectivity index (χ3v) is 7.52. The van der Waals surface area contributed by atoms with Crippen LogP contribution >= 0.6 is 0 Å². The van der Waals surface area contributed by atoms with E-state index in [2.05, 4.69) is 29.9 Å². The topological polar surface area (TPSA) is 91.8 Å². The van der Waals surface area contributed by atoms with E-state index in [-0.39, 0.29) is 5.75 Å². The maximum atomic E-state index is 12.9. The number of aromatic nitrogens is 5. The zero-order valence-electron chi connectivity index (χ0n) is 20.3. The van der Waals surface area contributed by atoms with Crippen molar-refractivity contribution < 1.29 is 17.9 Å². The van der Waals surface area contributed by atoms with Gasteiger partial charge in [-0.25, -0.2) is 15.0 Å². The van der Waals surface area contributed by atoms with E-state index in [4.69, 9.17) is 9.97 Å². The van der Waals surface area contributed by atoms with Gasteiger partial charge in [-0.05, 0) is 48.6 Å². The molecule has 1 aromatic carbocycles. The molecular formula is C27H24F3N7O. The Hall–Kier alpha value is -3.99. The number of nitrogens with one attached hydrogen (secondary N) is 2. The maximum absolute atomic E-state index is 12.9. The lowest BCUT2D eigenvalue weighted by atomic mass is 9.79. The molecule has 0 radical (unpaired) electrons. The quantitative estimate of drug-likeness (QED) is 0.333. The van der Waals surface area contributed by atoms with Crippen LogP contribution in [0.2, 0.25) is 0 Å². The van der Waals surface area contributed by atoms with Gasteiger partial charge < -0.3 is 19.9 Å². The molecule has 0 unspecified atom stereocenters. The number of anilines is 1. The molecule has 4 aromatic heterocycles. The summed E-state index contributed by atoms with van der Waals surface area (Å²) >= 11 is 0. The highest BCUT2D eigenvalue weighted by Gasteiger charge is 2.31. The molecule has 11 heteroatoms. The fourth-order valence-electron chi connectivity index (χ4n) is 5.52. The van der Waals surface area contributed by atoms with Crippen LogP contribution in [0.25, 0.3) is 44.2 Å². The smallest absolute Gasteiger partial charge is 0.406 e. The third-order valence-electron chi connectivity index (χ3n) is 7.52. The number of alkyl halides is 3. The van der Waals surface area contributed by atoms with E-state index in [0.29, 0.717) is 39.2 Å². The molecule has 7 rings (SSSR count). The SMILES string of the molecule is FC(F)(F)Oc1ccc2[nH]c3nccc(-c4nc(N5CCNCC5)c5c(C6CCC6)cncc5n4)c3c2c1. The van der Waals surface area contributed by atoms with Crippen LogP contribution in [-0.4, -0.2) is 57.5 Å². The van der Waals surface area contributed by atoms with Crippen LogP contribution in [0.4, 0.5) is 19.0 Å². The highest BCUT2D eigenvalue weighted by Crippen LogP contribution is 2.43. The Labute approximate surface area is 215 Å². The molecular weight excluding hydrogens is 495 g/mol. The molecule has 5 heterocycles. The lowest BCUT2D eigenvalue weighted by molar-refractivity contribution is -0.274. The minimum atomic E-state index is -4.79. The standard InChI is InChI=1S/C27H24F3N7O/c28-27(29,30)38-16-4-5-20-18(12-16)22-17(6-7-33-25(22)34-20)24-35-21-14-32-13-19(15-2-1-3-15)23(21)26(36-24)37-10-8-31-9-11-37/h4-7,12-15,31H,1-3,8-11H2,(H,33,34). The van der Waals surface area contributed by atoms with E-state index in [0.717, 1.165) is 55.7 Å². The monoisotopic (exact) mass is 519 g/mol. The maximum Gasteiger partial charge on any atom is 0.573 e. The van der Waals surface area contributed by atoms with Gasteiger partial charge in [0.2, 0.25) is 0 Å². The number of fused-ring (bicyclic) bond motifs is 4. The molecule has 2 aliphatic rings. The first kappa shape index (κ1) is 23.2. The van der Waals surface area contributed by atoms with E-state index in [9.17, 15) is 13.2 Å². The van der Waals surface area contributed by atoms with Gasteiger partial charge in [0.15, 0.2) is 5.82 Å². The van der Waals surface area contributed by atoms with Crippen molar-refractivity contribution in [3.63, 3.8) is 0 Å². The molecule has 1 aliphatic heterocycles. The van der Waals surface area contributed by atoms with Gasteiger partial charge in [-0.1, -0.05) is 6.42 Å². The number of piperazine rings is 1. The van der Waals surface area contributed by atoms with Crippen LogP contribution in [0.15, 0.2) is 42.9 Å². The largest absolute Gasteiger partial charge is 0.573 e. The number of nitrogens with zero attached hydrogens (tertiary/aromatic N) is 5. The van der Waals surface area contributed by atoms with Crippen LogP contribution < -0.4 is 15.0 Å². The van der Waals surface area contributed by atoms with E-state index >= 15 is 0 Å². The van der Waals surface area contributed by atoms with Crippen LogP contribution in [0.5, 0.6) is 5.75 Å². The number of benzene rings is 1. The fraction of sp³-hybridized carbons (Fsp3) is 0.333. The molecule has 2 fully saturated rings. The van der Waals surface area contributed by atoms with Crippen LogP contribution in [0, 0.1) is 0 Å². The van der Waals surface area contributed by atoms with Gasteiger partial charge >= 0.3 is 6.36 Å². The van der Waals surface area contributed by atoms with Crippen molar-refractivity contribution in [2.24, 2.45) is 0 Å². The first-order valence-corrected chi connectivity index (χ1v) is 12.7. The van der Waals surface area contributed by atoms with Gasteiger partial charge in [0, 0.05) is 65.8 Å². The molecule has 2 N–H and O–H groups in total. The Morgan fingerprint density at radius 3 is 2.61 bits per heavy atom. The second kappa shape index (κ2) is 8.80. The lowest BCUT2D eigenvalue weighted by Crippen LogP contribution is -2.44. The molecule has 0 amide bonds. The minimum Gasteiger partial charge on any atom is -0.406 e. The zero-order chi connectivity index (χ0) is 25.9. The van der Waals surface area contributed by atoms with E-state index < -0.39 is 6.36 Å². The van der Waals surface area contributed by atoms with Gasteiger partial charge in [-0.15, -0.1) is 13.2 Å². The Morgan fingerprint density at radius 2 is 1.84 bits per heavy atom. The molecule has 8 nitrogen and oxygen atoms in total. The Balaban J connectivity index is 1.46. The average molecular weight is 520 g/mol. The van der Waals surface area contributed by atoms with Crippen molar-refractivity contribution in [2.75, 3.05) is 31.1 Å². The first-order valence-electron chi connectivity index (χ1n) is 12.7. The predicted octanol–water partition coefficient (Wildman–Crippen LogP) is 5.30. The zero-order valence-corrected chi connectivity index (χ0v) is 20.3. The number of aromatic amines is 1. The summed E-state index contributed by atoms with van der Waals surface area (Å²) in [5, 5.41) is 5.64. The molecule has 0 bridgehead atoms.